The van der Waals surface area contributed by atoms with Crippen molar-refractivity contribution in [3.63, 3.8) is 0 Å². The number of carbonyl (C=O) groups is 2. The van der Waals surface area contributed by atoms with E-state index in [2.05, 4.69) is 10.2 Å². The molecule has 208 valence electrons. The van der Waals surface area contributed by atoms with E-state index in [0.29, 0.717) is 50.5 Å². The zero-order valence-electron chi connectivity index (χ0n) is 22.0. The number of aromatic hydroxyl groups is 1. The van der Waals surface area contributed by atoms with Crippen LogP contribution in [0.25, 0.3) is 0 Å². The number of β-amino-alcohol motifs (C(OH)–C–C–N with tert-alkyl or cyclic N) is 1. The lowest BCUT2D eigenvalue weighted by Crippen LogP contribution is -2.32. The van der Waals surface area contributed by atoms with Gasteiger partial charge in [0.25, 0.3) is 0 Å². The van der Waals surface area contributed by atoms with Gasteiger partial charge in [-0.15, -0.1) is 0 Å². The number of anilines is 2. The van der Waals surface area contributed by atoms with Crippen molar-refractivity contribution < 1.29 is 29.3 Å². The summed E-state index contributed by atoms with van der Waals surface area (Å²) in [7, 11) is 0. The highest BCUT2D eigenvalue weighted by atomic mass is 16.6. The molecule has 3 aliphatic rings. The third-order valence-electron chi connectivity index (χ3n) is 7.69. The van der Waals surface area contributed by atoms with E-state index in [1.807, 2.05) is 29.2 Å². The van der Waals surface area contributed by atoms with E-state index in [1.54, 1.807) is 30.3 Å². The van der Waals surface area contributed by atoms with Gasteiger partial charge in [-0.1, -0.05) is 36.4 Å². The molecule has 10 heteroatoms. The van der Waals surface area contributed by atoms with Crippen LogP contribution in [0.3, 0.4) is 0 Å². The fourth-order valence-corrected chi connectivity index (χ4v) is 5.80. The van der Waals surface area contributed by atoms with Gasteiger partial charge in [-0.05, 0) is 36.4 Å². The molecule has 3 unspecified atom stereocenters. The van der Waals surface area contributed by atoms with Gasteiger partial charge in [0, 0.05) is 48.6 Å². The Hall–Kier alpha value is -3.80. The molecule has 0 radical (unpaired) electrons. The maximum atomic E-state index is 13.3. The summed E-state index contributed by atoms with van der Waals surface area (Å²) in [5.41, 5.74) is 9.13. The summed E-state index contributed by atoms with van der Waals surface area (Å²) in [6.45, 7) is 3.38. The molecular weight excluding hydrogens is 512 g/mol. The minimum Gasteiger partial charge on any atom is -0.507 e. The number of benzene rings is 3. The van der Waals surface area contributed by atoms with Crippen molar-refractivity contribution in [1.82, 2.24) is 4.90 Å². The summed E-state index contributed by atoms with van der Waals surface area (Å²) in [4.78, 5) is 30.6. The van der Waals surface area contributed by atoms with Crippen LogP contribution in [-0.4, -0.2) is 78.5 Å². The van der Waals surface area contributed by atoms with Gasteiger partial charge < -0.3 is 35.6 Å². The fraction of sp³-hybridized carbons (Fsp3) is 0.333. The van der Waals surface area contributed by atoms with E-state index in [4.69, 9.17) is 15.2 Å². The minimum absolute atomic E-state index is 0.0510. The lowest BCUT2D eigenvalue weighted by molar-refractivity contribution is -0.0853. The molecule has 0 aromatic heterocycles. The number of aliphatic hydroxyl groups excluding tert-OH is 1. The Morgan fingerprint density at radius 2 is 1.73 bits per heavy atom. The zero-order chi connectivity index (χ0) is 27.8. The molecule has 3 atom stereocenters. The summed E-state index contributed by atoms with van der Waals surface area (Å²) in [5.74, 6) is -0.828. The van der Waals surface area contributed by atoms with Crippen LogP contribution < -0.4 is 16.0 Å². The maximum absolute atomic E-state index is 13.3. The molecule has 2 heterocycles. The minimum atomic E-state index is -0.832. The first-order chi connectivity index (χ1) is 19.5. The van der Waals surface area contributed by atoms with E-state index in [0.717, 1.165) is 17.8 Å². The second-order valence-corrected chi connectivity index (χ2v) is 10.1. The van der Waals surface area contributed by atoms with E-state index >= 15 is 0 Å². The molecule has 2 saturated heterocycles. The zero-order valence-corrected chi connectivity index (χ0v) is 22.0. The number of phenols is 1. The average molecular weight is 545 g/mol. The van der Waals surface area contributed by atoms with Crippen molar-refractivity contribution >= 4 is 22.9 Å². The molecular formula is C30H32N4O6. The third-order valence-corrected chi connectivity index (χ3v) is 7.69. The van der Waals surface area contributed by atoms with Crippen molar-refractivity contribution in [2.75, 3.05) is 49.5 Å². The number of rotatable bonds is 8. The number of nitrogens with two attached hydrogens (primary N) is 1. The topological polar surface area (TPSA) is 138 Å². The first-order valence-electron chi connectivity index (χ1n) is 13.5. The molecule has 3 aromatic carbocycles. The van der Waals surface area contributed by atoms with Gasteiger partial charge >= 0.3 is 0 Å². The van der Waals surface area contributed by atoms with E-state index in [1.165, 1.54) is 6.07 Å². The quantitative estimate of drug-likeness (QED) is 0.262. The Bertz CT molecular complexity index is 1430. The van der Waals surface area contributed by atoms with Crippen LogP contribution in [-0.2, 0) is 9.47 Å². The monoisotopic (exact) mass is 544 g/mol. The molecule has 1 aliphatic carbocycles. The number of fused-ring (bicyclic) bond motifs is 2. The Labute approximate surface area is 231 Å². The van der Waals surface area contributed by atoms with Crippen LogP contribution in [0.1, 0.15) is 50.1 Å². The highest BCUT2D eigenvalue weighted by molar-refractivity contribution is 6.31. The van der Waals surface area contributed by atoms with Crippen LogP contribution in [0, 0.1) is 0 Å². The van der Waals surface area contributed by atoms with Gasteiger partial charge in [0.05, 0.1) is 24.3 Å². The first kappa shape index (κ1) is 26.4. The van der Waals surface area contributed by atoms with Crippen molar-refractivity contribution in [2.45, 2.75) is 25.2 Å². The Morgan fingerprint density at radius 3 is 2.50 bits per heavy atom. The number of nitrogens with zero attached hydrogens (tertiary/aromatic N) is 2. The lowest BCUT2D eigenvalue weighted by Gasteiger charge is -2.26. The molecule has 10 nitrogen and oxygen atoms in total. The van der Waals surface area contributed by atoms with Gasteiger partial charge in [0.2, 0.25) is 0 Å². The number of ether oxygens (including phenoxy) is 2. The fourth-order valence-electron chi connectivity index (χ4n) is 5.80. The molecule has 2 fully saturated rings. The summed E-state index contributed by atoms with van der Waals surface area (Å²) >= 11 is 0. The maximum Gasteiger partial charge on any atom is 0.200 e. The third kappa shape index (κ3) is 4.74. The number of phenolic OH excluding ortho intramolecular Hbond substituents is 1. The van der Waals surface area contributed by atoms with Crippen LogP contribution in [0.15, 0.2) is 60.7 Å². The Morgan fingerprint density at radius 1 is 0.975 bits per heavy atom. The second-order valence-electron chi connectivity index (χ2n) is 10.1. The van der Waals surface area contributed by atoms with Gasteiger partial charge in [-0.25, -0.2) is 0 Å². The molecule has 0 saturated carbocycles. The van der Waals surface area contributed by atoms with Gasteiger partial charge in [-0.3, -0.25) is 14.5 Å². The molecule has 6 rings (SSSR count). The van der Waals surface area contributed by atoms with Gasteiger partial charge in [0.1, 0.15) is 18.2 Å². The number of nitrogens with one attached hydrogen (secondary N) is 1. The van der Waals surface area contributed by atoms with Crippen molar-refractivity contribution in [1.29, 1.82) is 0 Å². The van der Waals surface area contributed by atoms with Gasteiger partial charge in [-0.2, -0.15) is 0 Å². The molecule has 0 spiro atoms. The predicted molar refractivity (Wildman–Crippen MR) is 149 cm³/mol. The molecule has 3 aromatic rings. The highest BCUT2D eigenvalue weighted by Crippen LogP contribution is 2.36. The largest absolute Gasteiger partial charge is 0.507 e. The number of aliphatic hydroxyl groups is 1. The first-order valence-corrected chi connectivity index (χ1v) is 13.5. The molecule has 0 bridgehead atoms. The van der Waals surface area contributed by atoms with Crippen LogP contribution >= 0.6 is 0 Å². The van der Waals surface area contributed by atoms with Crippen LogP contribution in [0.5, 0.6) is 5.75 Å². The lowest BCUT2D eigenvalue weighted by atomic mass is 9.82. The predicted octanol–water partition coefficient (Wildman–Crippen LogP) is 2.44. The Balaban J connectivity index is 1.13. The normalized spacial score (nSPS) is 22.4. The summed E-state index contributed by atoms with van der Waals surface area (Å²) in [5, 5.41) is 23.6. The number of hydrogen-bond acceptors (Lipinski definition) is 10. The van der Waals surface area contributed by atoms with Crippen LogP contribution in [0.2, 0.25) is 0 Å². The SMILES string of the molecule is NCCC1OC(O)CN1c1ccc(C2OCCN2CCNc2cccc3c2C(=O)c2c(O)cccc2C3=O)cc1. The highest BCUT2D eigenvalue weighted by Gasteiger charge is 2.34. The van der Waals surface area contributed by atoms with Crippen molar-refractivity contribution in [2.24, 2.45) is 5.73 Å². The number of carbonyl (C=O) groups excluding carboxylic acids is 2. The van der Waals surface area contributed by atoms with Gasteiger partial charge in [0.15, 0.2) is 17.9 Å². The van der Waals surface area contributed by atoms with E-state index in [-0.39, 0.29) is 46.5 Å². The summed E-state index contributed by atoms with van der Waals surface area (Å²) in [6.07, 6.45) is -0.669. The summed E-state index contributed by atoms with van der Waals surface area (Å²) < 4.78 is 11.6. The van der Waals surface area contributed by atoms with Crippen molar-refractivity contribution in [3.8, 4) is 5.75 Å². The molecule has 40 heavy (non-hydrogen) atoms. The molecule has 5 N–H and O–H groups in total. The Kier molecular flexibility index (Phi) is 7.26. The molecule has 2 aliphatic heterocycles. The molecule has 0 amide bonds. The average Bonchev–Trinajstić information content (AvgIpc) is 3.58. The summed E-state index contributed by atoms with van der Waals surface area (Å²) in [6, 6.07) is 17.8. The number of hydrogen-bond donors (Lipinski definition) is 4. The van der Waals surface area contributed by atoms with Crippen molar-refractivity contribution in [3.05, 3.63) is 88.5 Å². The smallest absolute Gasteiger partial charge is 0.200 e. The van der Waals surface area contributed by atoms with E-state index < -0.39 is 6.29 Å². The van der Waals surface area contributed by atoms with E-state index in [9.17, 15) is 19.8 Å². The van der Waals surface area contributed by atoms with Crippen LogP contribution in [0.4, 0.5) is 11.4 Å². The standard InChI is InChI=1S/C30H32N4O6/c31-12-11-24-34(17-25(36)40-24)19-9-7-18(8-10-19)30-33(15-16-39-30)14-13-32-22-5-1-3-20-26(22)29(38)27-21(28(20)37)4-2-6-23(27)35/h1-10,24-25,30,32,35-36H,11-17,31H2. The second kappa shape index (κ2) is 11.0. The number of ketones is 2.